The monoisotopic (exact) mass is 410 g/mol. The minimum absolute atomic E-state index is 0.122. The van der Waals surface area contributed by atoms with Gasteiger partial charge < -0.3 is 20.1 Å². The summed E-state index contributed by atoms with van der Waals surface area (Å²) in [4.78, 5) is 1.31. The van der Waals surface area contributed by atoms with Crippen molar-refractivity contribution >= 4 is 21.4 Å². The summed E-state index contributed by atoms with van der Waals surface area (Å²) in [6, 6.07) is 14.7. The third-order valence-corrected chi connectivity index (χ3v) is 7.19. The Morgan fingerprint density at radius 1 is 1.03 bits per heavy atom. The normalized spacial score (nSPS) is 24.8. The van der Waals surface area contributed by atoms with E-state index in [1.54, 1.807) is 0 Å². The Morgan fingerprint density at radius 3 is 2.62 bits per heavy atom. The quantitative estimate of drug-likeness (QED) is 0.573. The number of aromatic hydroxyl groups is 1. The number of phenols is 1. The van der Waals surface area contributed by atoms with Gasteiger partial charge in [0, 0.05) is 34.4 Å². The average Bonchev–Trinajstić information content (AvgIpc) is 3.47. The number of aliphatic hydroxyl groups is 2. The standard InChI is InChI=1S/C24H26O4S/c25-13-18-10-17(26)11-23(28-18)21-9-16(20(12-22(21)27)14-5-6-14)8-19-7-15-3-1-2-4-24(15)29-19/h1-4,7,9,12,14,17-18,23,25-27H,5-6,8,10-11,13H2/t17-,18-,23+/m0/s1. The van der Waals surface area contributed by atoms with Gasteiger partial charge in [-0.15, -0.1) is 11.3 Å². The summed E-state index contributed by atoms with van der Waals surface area (Å²) in [5, 5.41) is 31.7. The van der Waals surface area contributed by atoms with Gasteiger partial charge in [0.2, 0.25) is 0 Å². The van der Waals surface area contributed by atoms with Crippen molar-refractivity contribution in [3.8, 4) is 5.75 Å². The largest absolute Gasteiger partial charge is 0.508 e. The zero-order valence-electron chi connectivity index (χ0n) is 16.3. The van der Waals surface area contributed by atoms with E-state index in [0.29, 0.717) is 18.8 Å². The first kappa shape index (κ1) is 19.1. The van der Waals surface area contributed by atoms with E-state index in [-0.39, 0.29) is 12.4 Å². The molecule has 3 atom stereocenters. The molecule has 0 unspecified atom stereocenters. The summed E-state index contributed by atoms with van der Waals surface area (Å²) >= 11 is 1.82. The zero-order valence-corrected chi connectivity index (χ0v) is 17.1. The van der Waals surface area contributed by atoms with Crippen molar-refractivity contribution in [1.29, 1.82) is 0 Å². The molecule has 1 aliphatic carbocycles. The highest BCUT2D eigenvalue weighted by Gasteiger charge is 2.33. The van der Waals surface area contributed by atoms with E-state index in [9.17, 15) is 15.3 Å². The van der Waals surface area contributed by atoms with Crippen LogP contribution in [0.3, 0.4) is 0 Å². The van der Waals surface area contributed by atoms with E-state index in [1.807, 2.05) is 17.4 Å². The lowest BCUT2D eigenvalue weighted by atomic mass is 9.90. The molecule has 2 heterocycles. The van der Waals surface area contributed by atoms with E-state index >= 15 is 0 Å². The summed E-state index contributed by atoms with van der Waals surface area (Å²) in [5.41, 5.74) is 3.19. The van der Waals surface area contributed by atoms with E-state index in [4.69, 9.17) is 4.74 Å². The number of benzene rings is 2. The van der Waals surface area contributed by atoms with Gasteiger partial charge >= 0.3 is 0 Å². The average molecular weight is 411 g/mol. The van der Waals surface area contributed by atoms with Gasteiger partial charge in [0.25, 0.3) is 0 Å². The highest BCUT2D eigenvalue weighted by atomic mass is 32.1. The van der Waals surface area contributed by atoms with Crippen molar-refractivity contribution in [2.24, 2.45) is 0 Å². The maximum Gasteiger partial charge on any atom is 0.121 e. The Balaban J connectivity index is 1.50. The van der Waals surface area contributed by atoms with Crippen LogP contribution in [0, 0.1) is 0 Å². The van der Waals surface area contributed by atoms with Gasteiger partial charge in [-0.05, 0) is 59.5 Å². The van der Waals surface area contributed by atoms with Crippen LogP contribution in [0.5, 0.6) is 5.75 Å². The molecule has 152 valence electrons. The van der Waals surface area contributed by atoms with Crippen LogP contribution in [-0.2, 0) is 11.2 Å². The number of rotatable bonds is 5. The van der Waals surface area contributed by atoms with Gasteiger partial charge in [-0.3, -0.25) is 0 Å². The molecule has 2 fully saturated rings. The molecule has 5 rings (SSSR count). The molecule has 0 bridgehead atoms. The third-order valence-electron chi connectivity index (χ3n) is 6.08. The highest BCUT2D eigenvalue weighted by Crippen LogP contribution is 2.46. The molecule has 3 N–H and O–H groups in total. The lowest BCUT2D eigenvalue weighted by molar-refractivity contribution is -0.114. The summed E-state index contributed by atoms with van der Waals surface area (Å²) in [6.45, 7) is -0.122. The van der Waals surface area contributed by atoms with E-state index in [0.717, 1.165) is 12.0 Å². The molecule has 1 saturated heterocycles. The van der Waals surface area contributed by atoms with Crippen molar-refractivity contribution in [2.45, 2.75) is 56.3 Å². The zero-order chi connectivity index (χ0) is 20.0. The molecule has 0 amide bonds. The fraction of sp³-hybridized carbons (Fsp3) is 0.417. The van der Waals surface area contributed by atoms with Crippen LogP contribution in [-0.4, -0.2) is 34.1 Å². The second-order valence-electron chi connectivity index (χ2n) is 8.37. The first-order valence-electron chi connectivity index (χ1n) is 10.4. The molecule has 29 heavy (non-hydrogen) atoms. The fourth-order valence-corrected chi connectivity index (χ4v) is 5.56. The number of ether oxygens (including phenoxy) is 1. The lowest BCUT2D eigenvalue weighted by Gasteiger charge is -2.33. The minimum atomic E-state index is -0.528. The smallest absolute Gasteiger partial charge is 0.121 e. The van der Waals surface area contributed by atoms with Crippen LogP contribution in [0.15, 0.2) is 42.5 Å². The van der Waals surface area contributed by atoms with Crippen LogP contribution in [0.25, 0.3) is 10.1 Å². The first-order chi connectivity index (χ1) is 14.1. The molecule has 1 aromatic heterocycles. The highest BCUT2D eigenvalue weighted by molar-refractivity contribution is 7.19. The van der Waals surface area contributed by atoms with Crippen molar-refractivity contribution in [3.05, 3.63) is 64.0 Å². The summed E-state index contributed by atoms with van der Waals surface area (Å²) in [7, 11) is 0. The van der Waals surface area contributed by atoms with Gasteiger partial charge in [-0.1, -0.05) is 18.2 Å². The summed E-state index contributed by atoms with van der Waals surface area (Å²) < 4.78 is 7.27. The SMILES string of the molecule is OC[C@@H]1C[C@H](O)C[C@H](c2cc(Cc3cc4ccccc4s3)c(C3CC3)cc2O)O1. The van der Waals surface area contributed by atoms with Crippen molar-refractivity contribution < 1.29 is 20.1 Å². The molecule has 0 radical (unpaired) electrons. The molecular weight excluding hydrogens is 384 g/mol. The second kappa shape index (κ2) is 7.73. The van der Waals surface area contributed by atoms with E-state index in [2.05, 4.69) is 36.4 Å². The number of fused-ring (bicyclic) bond motifs is 1. The van der Waals surface area contributed by atoms with Crippen molar-refractivity contribution in [3.63, 3.8) is 0 Å². The Kier molecular flexibility index (Phi) is 5.08. The van der Waals surface area contributed by atoms with Crippen LogP contribution in [0.4, 0.5) is 0 Å². The van der Waals surface area contributed by atoms with Crippen LogP contribution >= 0.6 is 11.3 Å². The molecule has 3 aromatic rings. The topological polar surface area (TPSA) is 69.9 Å². The first-order valence-corrected chi connectivity index (χ1v) is 11.2. The predicted octanol–water partition coefficient (Wildman–Crippen LogP) is 4.65. The maximum absolute atomic E-state index is 10.7. The molecule has 4 nitrogen and oxygen atoms in total. The van der Waals surface area contributed by atoms with Gasteiger partial charge in [0.15, 0.2) is 0 Å². The predicted molar refractivity (Wildman–Crippen MR) is 115 cm³/mol. The molecular formula is C24H26O4S. The van der Waals surface area contributed by atoms with Gasteiger partial charge in [0.1, 0.15) is 5.75 Å². The minimum Gasteiger partial charge on any atom is -0.508 e. The second-order valence-corrected chi connectivity index (χ2v) is 9.53. The lowest BCUT2D eigenvalue weighted by Crippen LogP contribution is -2.33. The Labute approximate surface area is 174 Å². The Bertz CT molecular complexity index is 990. The summed E-state index contributed by atoms with van der Waals surface area (Å²) in [6.07, 6.45) is 2.73. The number of thiophene rings is 1. The molecule has 1 aliphatic heterocycles. The molecule has 2 aliphatic rings. The molecule has 5 heteroatoms. The van der Waals surface area contributed by atoms with Crippen LogP contribution in [0.1, 0.15) is 59.3 Å². The number of aliphatic hydroxyl groups excluding tert-OH is 2. The Morgan fingerprint density at radius 2 is 1.86 bits per heavy atom. The van der Waals surface area contributed by atoms with Gasteiger partial charge in [-0.25, -0.2) is 0 Å². The van der Waals surface area contributed by atoms with Crippen LogP contribution in [0.2, 0.25) is 0 Å². The third kappa shape index (κ3) is 3.92. The number of hydrogen-bond acceptors (Lipinski definition) is 5. The van der Waals surface area contributed by atoms with E-state index in [1.165, 1.54) is 38.9 Å². The van der Waals surface area contributed by atoms with Gasteiger partial charge in [-0.2, -0.15) is 0 Å². The molecule has 2 aromatic carbocycles. The molecule has 0 spiro atoms. The van der Waals surface area contributed by atoms with Crippen LogP contribution < -0.4 is 0 Å². The Hall–Kier alpha value is -1.92. The maximum atomic E-state index is 10.7. The van der Waals surface area contributed by atoms with E-state index < -0.39 is 18.3 Å². The number of phenolic OH excluding ortho intramolecular Hbond substituents is 1. The van der Waals surface area contributed by atoms with Gasteiger partial charge in [0.05, 0.1) is 24.9 Å². The molecule has 1 saturated carbocycles. The number of hydrogen-bond donors (Lipinski definition) is 3. The van der Waals surface area contributed by atoms with Crippen molar-refractivity contribution in [2.75, 3.05) is 6.61 Å². The summed E-state index contributed by atoms with van der Waals surface area (Å²) in [5.74, 6) is 0.769. The van der Waals surface area contributed by atoms with Crippen molar-refractivity contribution in [1.82, 2.24) is 0 Å². The fourth-order valence-electron chi connectivity index (χ4n) is 4.47.